The largest absolute Gasteiger partial charge is 0.395 e. The molecular formula is C16H28N2OS. The lowest BCUT2D eigenvalue weighted by molar-refractivity contribution is 0.0727. The molecule has 0 radical (unpaired) electrons. The molecule has 20 heavy (non-hydrogen) atoms. The van der Waals surface area contributed by atoms with Gasteiger partial charge in [-0.15, -0.1) is 11.3 Å². The van der Waals surface area contributed by atoms with Crippen LogP contribution in [-0.2, 0) is 0 Å². The first kappa shape index (κ1) is 16.0. The summed E-state index contributed by atoms with van der Waals surface area (Å²) in [5, 5.41) is 11.9. The molecule has 3 N–H and O–H groups in total. The van der Waals surface area contributed by atoms with Gasteiger partial charge in [-0.1, -0.05) is 19.8 Å². The molecule has 1 aromatic heterocycles. The van der Waals surface area contributed by atoms with E-state index in [2.05, 4.69) is 30.2 Å². The van der Waals surface area contributed by atoms with Crippen molar-refractivity contribution in [2.75, 3.05) is 13.2 Å². The smallest absolute Gasteiger partial charge is 0.0599 e. The van der Waals surface area contributed by atoms with Gasteiger partial charge >= 0.3 is 0 Å². The highest BCUT2D eigenvalue weighted by atomic mass is 32.1. The Bertz CT molecular complexity index is 407. The number of nitrogens with two attached hydrogens (primary N) is 1. The van der Waals surface area contributed by atoms with Crippen LogP contribution in [0.25, 0.3) is 0 Å². The summed E-state index contributed by atoms with van der Waals surface area (Å²) in [6, 6.07) is 2.84. The summed E-state index contributed by atoms with van der Waals surface area (Å²) in [4.78, 5) is 3.87. The van der Waals surface area contributed by atoms with Crippen molar-refractivity contribution >= 4 is 11.3 Å². The average molecular weight is 296 g/mol. The minimum absolute atomic E-state index is 0.138. The molecule has 2 heterocycles. The van der Waals surface area contributed by atoms with Crippen molar-refractivity contribution in [2.24, 2.45) is 5.73 Å². The highest BCUT2D eigenvalue weighted by Gasteiger charge is 2.33. The zero-order valence-corrected chi connectivity index (χ0v) is 13.5. The van der Waals surface area contributed by atoms with Crippen molar-refractivity contribution in [1.29, 1.82) is 0 Å². The van der Waals surface area contributed by atoms with E-state index in [0.717, 1.165) is 19.4 Å². The van der Waals surface area contributed by atoms with E-state index >= 15 is 0 Å². The van der Waals surface area contributed by atoms with Gasteiger partial charge in [0.1, 0.15) is 0 Å². The van der Waals surface area contributed by atoms with Crippen LogP contribution in [-0.4, -0.2) is 35.2 Å². The number of rotatable bonds is 5. The summed E-state index contributed by atoms with van der Waals surface area (Å²) < 4.78 is 0. The highest BCUT2D eigenvalue weighted by molar-refractivity contribution is 7.10. The van der Waals surface area contributed by atoms with Crippen LogP contribution < -0.4 is 5.73 Å². The second-order valence-corrected chi connectivity index (χ2v) is 6.86. The maximum Gasteiger partial charge on any atom is 0.0599 e. The van der Waals surface area contributed by atoms with Crippen molar-refractivity contribution in [3.63, 3.8) is 0 Å². The van der Waals surface area contributed by atoms with Crippen LogP contribution >= 0.6 is 11.3 Å². The quantitative estimate of drug-likeness (QED) is 0.878. The molecule has 4 heteroatoms. The molecule has 0 spiro atoms. The van der Waals surface area contributed by atoms with Crippen LogP contribution in [0.3, 0.4) is 0 Å². The molecule has 1 fully saturated rings. The third kappa shape index (κ3) is 3.42. The Balaban J connectivity index is 2.31. The Morgan fingerprint density at radius 1 is 1.45 bits per heavy atom. The summed E-state index contributed by atoms with van der Waals surface area (Å²) >= 11 is 1.81. The fraction of sp³-hybridized carbons (Fsp3) is 0.750. The van der Waals surface area contributed by atoms with Gasteiger partial charge in [0, 0.05) is 17.0 Å². The van der Waals surface area contributed by atoms with Crippen LogP contribution in [0.2, 0.25) is 0 Å². The number of aliphatic hydroxyl groups is 1. The topological polar surface area (TPSA) is 49.5 Å². The zero-order valence-electron chi connectivity index (χ0n) is 12.7. The van der Waals surface area contributed by atoms with Gasteiger partial charge in [-0.25, -0.2) is 0 Å². The molecule has 0 bridgehead atoms. The van der Waals surface area contributed by atoms with E-state index in [4.69, 9.17) is 5.73 Å². The van der Waals surface area contributed by atoms with E-state index in [1.54, 1.807) is 0 Å². The highest BCUT2D eigenvalue weighted by Crippen LogP contribution is 2.35. The number of thiophene rings is 1. The molecular weight excluding hydrogens is 268 g/mol. The van der Waals surface area contributed by atoms with Crippen LogP contribution in [0.5, 0.6) is 0 Å². The number of hydrogen-bond acceptors (Lipinski definition) is 4. The van der Waals surface area contributed by atoms with Crippen LogP contribution in [0.1, 0.15) is 55.5 Å². The molecule has 114 valence electrons. The number of hydrogen-bond donors (Lipinski definition) is 2. The van der Waals surface area contributed by atoms with Gasteiger partial charge in [-0.3, -0.25) is 4.90 Å². The van der Waals surface area contributed by atoms with Gasteiger partial charge in [0.05, 0.1) is 12.6 Å². The van der Waals surface area contributed by atoms with E-state index in [9.17, 15) is 5.11 Å². The molecule has 1 aromatic rings. The van der Waals surface area contributed by atoms with E-state index in [-0.39, 0.29) is 24.7 Å². The first-order valence-electron chi connectivity index (χ1n) is 7.85. The van der Waals surface area contributed by atoms with E-state index in [1.807, 2.05) is 11.3 Å². The molecule has 0 aliphatic carbocycles. The van der Waals surface area contributed by atoms with Crippen molar-refractivity contribution in [1.82, 2.24) is 4.90 Å². The minimum atomic E-state index is 0.138. The zero-order chi connectivity index (χ0) is 14.5. The maximum absolute atomic E-state index is 9.78. The lowest BCUT2D eigenvalue weighted by Crippen LogP contribution is -2.47. The Kier molecular flexibility index (Phi) is 6.02. The second kappa shape index (κ2) is 7.55. The Labute approximate surface area is 126 Å². The van der Waals surface area contributed by atoms with Gasteiger partial charge in [0.2, 0.25) is 0 Å². The number of aryl methyl sites for hydroxylation is 1. The van der Waals surface area contributed by atoms with Crippen molar-refractivity contribution < 1.29 is 5.11 Å². The first-order valence-corrected chi connectivity index (χ1v) is 8.73. The number of likely N-dealkylation sites (tertiary alicyclic amines) is 1. The van der Waals surface area contributed by atoms with Crippen LogP contribution in [0.15, 0.2) is 11.4 Å². The monoisotopic (exact) mass is 296 g/mol. The molecule has 1 aliphatic heterocycles. The predicted octanol–water partition coefficient (Wildman–Crippen LogP) is 3.07. The molecule has 0 saturated carbocycles. The van der Waals surface area contributed by atoms with Crippen LogP contribution in [0, 0.1) is 6.92 Å². The fourth-order valence-corrected chi connectivity index (χ4v) is 4.39. The number of nitrogens with zero attached hydrogens (tertiary/aromatic N) is 1. The maximum atomic E-state index is 9.78. The second-order valence-electron chi connectivity index (χ2n) is 5.91. The molecule has 3 nitrogen and oxygen atoms in total. The van der Waals surface area contributed by atoms with Gasteiger partial charge in [0.25, 0.3) is 0 Å². The lowest BCUT2D eigenvalue weighted by Gasteiger charge is -2.39. The normalized spacial score (nSPS) is 24.3. The Hall–Kier alpha value is -0.420. The molecule has 1 aliphatic rings. The van der Waals surface area contributed by atoms with E-state index in [1.165, 1.54) is 29.7 Å². The van der Waals surface area contributed by atoms with Crippen molar-refractivity contribution in [2.45, 2.75) is 64.1 Å². The average Bonchev–Trinajstić information content (AvgIpc) is 2.74. The minimum Gasteiger partial charge on any atom is -0.395 e. The standard InChI is InChI=1S/C16H28N2OS/c1-3-14(17)15(16-12(2)8-10-20-16)18-9-6-4-5-7-13(18)11-19/h8,10,13-15,19H,3-7,9,11,17H2,1-2H3. The summed E-state index contributed by atoms with van der Waals surface area (Å²) in [5.41, 5.74) is 7.80. The Morgan fingerprint density at radius 3 is 2.85 bits per heavy atom. The van der Waals surface area contributed by atoms with Gasteiger partial charge in [0.15, 0.2) is 0 Å². The summed E-state index contributed by atoms with van der Waals surface area (Å²) in [5.74, 6) is 0. The summed E-state index contributed by atoms with van der Waals surface area (Å²) in [6.45, 7) is 5.64. The lowest BCUT2D eigenvalue weighted by atomic mass is 9.98. The molecule has 2 rings (SSSR count). The molecule has 0 amide bonds. The molecule has 3 unspecified atom stereocenters. The van der Waals surface area contributed by atoms with E-state index < -0.39 is 0 Å². The fourth-order valence-electron chi connectivity index (χ4n) is 3.26. The first-order chi connectivity index (χ1) is 9.69. The number of aliphatic hydroxyl groups excluding tert-OH is 1. The third-order valence-corrected chi connectivity index (χ3v) is 5.63. The Morgan fingerprint density at radius 2 is 2.25 bits per heavy atom. The molecule has 1 saturated heterocycles. The van der Waals surface area contributed by atoms with Gasteiger partial charge < -0.3 is 10.8 Å². The van der Waals surface area contributed by atoms with Crippen molar-refractivity contribution in [3.8, 4) is 0 Å². The molecule has 0 aromatic carbocycles. The van der Waals surface area contributed by atoms with Gasteiger partial charge in [-0.2, -0.15) is 0 Å². The predicted molar refractivity (Wildman–Crippen MR) is 86.1 cm³/mol. The molecule has 3 atom stereocenters. The van der Waals surface area contributed by atoms with Crippen molar-refractivity contribution in [3.05, 3.63) is 21.9 Å². The van der Waals surface area contributed by atoms with Crippen LogP contribution in [0.4, 0.5) is 0 Å². The van der Waals surface area contributed by atoms with E-state index in [0.29, 0.717) is 0 Å². The summed E-state index contributed by atoms with van der Waals surface area (Å²) in [6.07, 6.45) is 5.77. The SMILES string of the molecule is CCC(N)C(c1sccc1C)N1CCCCCC1CO. The summed E-state index contributed by atoms with van der Waals surface area (Å²) in [7, 11) is 0. The third-order valence-electron chi connectivity index (χ3n) is 4.54. The van der Waals surface area contributed by atoms with Gasteiger partial charge in [-0.05, 0) is 49.7 Å².